The molecule has 3 rings (SSSR count). The second kappa shape index (κ2) is 15.1. The Morgan fingerprint density at radius 1 is 1.06 bits per heavy atom. The summed E-state index contributed by atoms with van der Waals surface area (Å²) in [6.45, 7) is 7.22. The predicted molar refractivity (Wildman–Crippen MR) is 172 cm³/mol. The highest BCUT2D eigenvalue weighted by Gasteiger charge is 2.66. The number of likely N-dealkylation sites (N-methyl/N-ethyl adjacent to an activating group) is 1. The molecule has 2 aromatic rings. The van der Waals surface area contributed by atoms with Crippen LogP contribution in [0, 0.1) is 25.7 Å². The fourth-order valence-electron chi connectivity index (χ4n) is 6.42. The number of amides is 1. The van der Waals surface area contributed by atoms with Gasteiger partial charge in [0, 0.05) is 24.4 Å². The first-order chi connectivity index (χ1) is 22.9. The van der Waals surface area contributed by atoms with Crippen molar-refractivity contribution in [2.24, 2.45) is 11.8 Å². The van der Waals surface area contributed by atoms with Crippen LogP contribution >= 0.6 is 0 Å². The summed E-state index contributed by atoms with van der Waals surface area (Å²) < 4.78 is 120. The first-order valence-corrected chi connectivity index (χ1v) is 15.8. The molecule has 7 nitrogen and oxygen atoms in total. The molecular weight excluding hydrogens is 678 g/mol. The van der Waals surface area contributed by atoms with E-state index >= 15 is 8.78 Å². The highest BCUT2D eigenvalue weighted by Crippen LogP contribution is 2.54. The molecule has 1 aliphatic rings. The van der Waals surface area contributed by atoms with Gasteiger partial charge in [-0.2, -0.15) is 26.3 Å². The lowest BCUT2D eigenvalue weighted by molar-refractivity contribution is -0.234. The lowest BCUT2D eigenvalue weighted by Gasteiger charge is -2.42. The lowest BCUT2D eigenvalue weighted by Crippen LogP contribution is -2.59. The van der Waals surface area contributed by atoms with Gasteiger partial charge in [-0.1, -0.05) is 32.0 Å². The third-order valence-electron chi connectivity index (χ3n) is 8.81. The van der Waals surface area contributed by atoms with E-state index in [4.69, 9.17) is 0 Å². The number of hydrogen-bond donors (Lipinski definition) is 2. The molecule has 1 aliphatic carbocycles. The SMILES string of the molecule is CC1=CC(c2c(C)cccc2C)=C(F)C([C@H](CC(=O)O)NC(=O)C(CC(C)C)n2cc(CCN(C)C)c(C(F)(F)F)cc2=O)C1(F)C(F)(F)F. The molecule has 1 aromatic carbocycles. The minimum absolute atomic E-state index is 0.113. The molecule has 0 bridgehead atoms. The Morgan fingerprint density at radius 2 is 1.64 bits per heavy atom. The van der Waals surface area contributed by atoms with Gasteiger partial charge < -0.3 is 19.9 Å². The Morgan fingerprint density at radius 3 is 2.12 bits per heavy atom. The molecular formula is C35H41F8N3O4. The normalized spacial score (nSPS) is 19.9. The smallest absolute Gasteiger partial charge is 0.427 e. The van der Waals surface area contributed by atoms with Crippen LogP contribution in [0.1, 0.15) is 67.5 Å². The Bertz CT molecular complexity index is 1710. The van der Waals surface area contributed by atoms with E-state index in [9.17, 15) is 45.8 Å². The number of rotatable bonds is 12. The molecule has 1 heterocycles. The van der Waals surface area contributed by atoms with E-state index in [1.807, 2.05) is 0 Å². The Hall–Kier alpha value is -4.01. The molecule has 0 radical (unpaired) electrons. The molecule has 0 spiro atoms. The quantitative estimate of drug-likeness (QED) is 0.224. The van der Waals surface area contributed by atoms with E-state index in [1.165, 1.54) is 0 Å². The van der Waals surface area contributed by atoms with Crippen molar-refractivity contribution in [1.82, 2.24) is 14.8 Å². The molecule has 50 heavy (non-hydrogen) atoms. The van der Waals surface area contributed by atoms with Gasteiger partial charge in [0.2, 0.25) is 11.6 Å². The topological polar surface area (TPSA) is 91.6 Å². The Balaban J connectivity index is 2.27. The summed E-state index contributed by atoms with van der Waals surface area (Å²) in [6.07, 6.45) is -11.0. The van der Waals surface area contributed by atoms with E-state index in [1.54, 1.807) is 64.9 Å². The van der Waals surface area contributed by atoms with Gasteiger partial charge >= 0.3 is 18.3 Å². The maximum atomic E-state index is 16.7. The number of carboxylic acid groups (broad SMARTS) is 1. The fraction of sp³-hybridized carbons (Fsp3) is 0.514. The zero-order valence-corrected chi connectivity index (χ0v) is 28.7. The number of carbonyl (C=O) groups is 2. The van der Waals surface area contributed by atoms with Crippen molar-refractivity contribution in [3.63, 3.8) is 0 Å². The second-order valence-corrected chi connectivity index (χ2v) is 13.4. The van der Waals surface area contributed by atoms with Crippen molar-refractivity contribution in [1.29, 1.82) is 0 Å². The number of halogens is 8. The zero-order chi connectivity index (χ0) is 38.1. The molecule has 1 aromatic heterocycles. The molecule has 15 heteroatoms. The summed E-state index contributed by atoms with van der Waals surface area (Å²) in [5.41, 5.74) is -7.74. The summed E-state index contributed by atoms with van der Waals surface area (Å²) in [5.74, 6) is -8.13. The highest BCUT2D eigenvalue weighted by molar-refractivity contribution is 5.84. The van der Waals surface area contributed by atoms with Crippen molar-refractivity contribution >= 4 is 17.4 Å². The lowest BCUT2D eigenvalue weighted by atomic mass is 9.70. The minimum atomic E-state index is -5.79. The minimum Gasteiger partial charge on any atom is -0.481 e. The van der Waals surface area contributed by atoms with E-state index in [-0.39, 0.29) is 30.5 Å². The van der Waals surface area contributed by atoms with E-state index in [0.717, 1.165) is 13.1 Å². The third-order valence-corrected chi connectivity index (χ3v) is 8.81. The number of hydrogen-bond acceptors (Lipinski definition) is 4. The number of allylic oxidation sites excluding steroid dienone is 3. The van der Waals surface area contributed by atoms with Crippen LogP contribution in [-0.4, -0.2) is 65.0 Å². The van der Waals surface area contributed by atoms with Gasteiger partial charge in [0.15, 0.2) is 0 Å². The summed E-state index contributed by atoms with van der Waals surface area (Å²) in [4.78, 5) is 40.8. The molecule has 276 valence electrons. The third kappa shape index (κ3) is 8.47. The summed E-state index contributed by atoms with van der Waals surface area (Å²) in [5, 5.41) is 11.8. The fourth-order valence-corrected chi connectivity index (χ4v) is 6.42. The molecule has 0 aliphatic heterocycles. The standard InChI is InChI=1S/C35H41F8N3O4/c1-18(2)13-26(46-17-22(11-12-45(6)7)24(15-27(46)47)34(38,39)40)32(50)44-25(16-28(48)49)30-31(36)23(29-19(3)9-8-10-20(29)4)14-21(5)33(30,37)35(41,42)43/h8-10,14-15,17-18,25-26,30H,11-13,16H2,1-7H3,(H,44,50)(H,48,49)/t25-,26?,30?,33?/m0/s1. The molecule has 1 amide bonds. The molecule has 2 N–H and O–H groups in total. The van der Waals surface area contributed by atoms with Gasteiger partial charge in [-0.3, -0.25) is 14.4 Å². The molecule has 4 atom stereocenters. The largest absolute Gasteiger partial charge is 0.481 e. The second-order valence-electron chi connectivity index (χ2n) is 13.4. The van der Waals surface area contributed by atoms with Crippen molar-refractivity contribution in [2.75, 3.05) is 20.6 Å². The van der Waals surface area contributed by atoms with E-state index in [2.05, 4.69) is 5.32 Å². The number of alkyl halides is 7. The maximum absolute atomic E-state index is 16.7. The zero-order valence-electron chi connectivity index (χ0n) is 28.7. The van der Waals surface area contributed by atoms with Crippen LogP contribution in [0.3, 0.4) is 0 Å². The van der Waals surface area contributed by atoms with Gasteiger partial charge in [0.05, 0.1) is 23.9 Å². The van der Waals surface area contributed by atoms with Crippen LogP contribution in [0.2, 0.25) is 0 Å². The maximum Gasteiger partial charge on any atom is 0.427 e. The van der Waals surface area contributed by atoms with Crippen LogP contribution in [0.4, 0.5) is 35.1 Å². The highest BCUT2D eigenvalue weighted by atomic mass is 19.4. The Labute approximate surface area is 284 Å². The van der Waals surface area contributed by atoms with Crippen LogP contribution in [0.15, 0.2) is 52.7 Å². The van der Waals surface area contributed by atoms with Gasteiger partial charge in [0.1, 0.15) is 11.9 Å². The average molecular weight is 720 g/mol. The van der Waals surface area contributed by atoms with Crippen LogP contribution in [-0.2, 0) is 22.2 Å². The number of benzene rings is 1. The average Bonchev–Trinajstić information content (AvgIpc) is 2.96. The van der Waals surface area contributed by atoms with Gasteiger partial charge in [0.25, 0.3) is 5.56 Å². The number of carboxylic acids is 1. The summed E-state index contributed by atoms with van der Waals surface area (Å²) in [7, 11) is 3.21. The van der Waals surface area contributed by atoms with Crippen molar-refractivity contribution in [3.8, 4) is 0 Å². The van der Waals surface area contributed by atoms with Crippen LogP contribution in [0.25, 0.3) is 5.57 Å². The molecule has 0 saturated heterocycles. The predicted octanol–water partition coefficient (Wildman–Crippen LogP) is 7.36. The van der Waals surface area contributed by atoms with Gasteiger partial charge in [-0.15, -0.1) is 0 Å². The number of nitrogens with zero attached hydrogens (tertiary/aromatic N) is 2. The van der Waals surface area contributed by atoms with E-state index in [0.29, 0.717) is 27.8 Å². The van der Waals surface area contributed by atoms with Crippen LogP contribution < -0.4 is 10.9 Å². The van der Waals surface area contributed by atoms with Gasteiger partial charge in [-0.25, -0.2) is 8.78 Å². The van der Waals surface area contributed by atoms with Crippen molar-refractivity contribution in [3.05, 3.63) is 86.1 Å². The number of carbonyl (C=O) groups excluding carboxylic acids is 1. The van der Waals surface area contributed by atoms with Crippen molar-refractivity contribution < 1.29 is 49.8 Å². The van der Waals surface area contributed by atoms with E-state index < -0.39 is 88.3 Å². The number of pyridine rings is 1. The first kappa shape index (κ1) is 40.4. The summed E-state index contributed by atoms with van der Waals surface area (Å²) >= 11 is 0. The van der Waals surface area contributed by atoms with Crippen molar-refractivity contribution in [2.45, 2.75) is 84.0 Å². The molecule has 3 unspecified atom stereocenters. The Kier molecular flexibility index (Phi) is 12.2. The number of nitrogens with one attached hydrogen (secondary N) is 1. The first-order valence-electron chi connectivity index (χ1n) is 15.8. The van der Waals surface area contributed by atoms with Crippen LogP contribution in [0.5, 0.6) is 0 Å². The number of aromatic nitrogens is 1. The number of aryl methyl sites for hydroxylation is 2. The molecule has 0 fully saturated rings. The monoisotopic (exact) mass is 719 g/mol. The summed E-state index contributed by atoms with van der Waals surface area (Å²) in [6, 6.07) is 0.987. The molecule has 0 saturated carbocycles. The van der Waals surface area contributed by atoms with Gasteiger partial charge in [-0.05, 0) is 87.5 Å². The number of aliphatic carboxylic acids is 1.